The third-order valence-electron chi connectivity index (χ3n) is 3.00. The van der Waals surface area contributed by atoms with Crippen molar-refractivity contribution in [2.75, 3.05) is 0 Å². The van der Waals surface area contributed by atoms with Crippen molar-refractivity contribution in [2.45, 2.75) is 19.8 Å². The molecule has 1 heteroatoms. The second-order valence-corrected chi connectivity index (χ2v) is 4.33. The summed E-state index contributed by atoms with van der Waals surface area (Å²) in [5.74, 6) is 0.380. The fourth-order valence-corrected chi connectivity index (χ4v) is 1.91. The highest BCUT2D eigenvalue weighted by Gasteiger charge is 2.00. The predicted octanol–water partition coefficient (Wildman–Crippen LogP) is 4.21. The Morgan fingerprint density at radius 2 is 1.83 bits per heavy atom. The average Bonchev–Trinajstić information content (AvgIpc) is 2.42. The minimum Gasteiger partial charge on any atom is -0.508 e. The van der Waals surface area contributed by atoms with Gasteiger partial charge in [-0.05, 0) is 35.6 Å². The molecule has 2 aromatic rings. The van der Waals surface area contributed by atoms with E-state index in [2.05, 4.69) is 37.3 Å². The monoisotopic (exact) mass is 238 g/mol. The third kappa shape index (κ3) is 3.24. The summed E-state index contributed by atoms with van der Waals surface area (Å²) < 4.78 is 0. The Kier molecular flexibility index (Phi) is 4.19. The normalized spacial score (nSPS) is 10.9. The molecule has 2 aromatic carbocycles. The number of aromatic hydroxyl groups is 1. The number of benzene rings is 2. The average molecular weight is 238 g/mol. The zero-order valence-electron chi connectivity index (χ0n) is 10.6. The van der Waals surface area contributed by atoms with Gasteiger partial charge in [0.2, 0.25) is 0 Å². The van der Waals surface area contributed by atoms with E-state index in [0.29, 0.717) is 5.75 Å². The molecule has 0 amide bonds. The van der Waals surface area contributed by atoms with E-state index in [1.165, 1.54) is 11.1 Å². The second kappa shape index (κ2) is 6.06. The highest BCUT2D eigenvalue weighted by Crippen LogP contribution is 2.20. The van der Waals surface area contributed by atoms with Crippen LogP contribution < -0.4 is 0 Å². The summed E-state index contributed by atoms with van der Waals surface area (Å²) in [5, 5.41) is 9.79. The molecular formula is C17H18O. The lowest BCUT2D eigenvalue weighted by atomic mass is 10.0. The van der Waals surface area contributed by atoms with Crippen LogP contribution in [-0.2, 0) is 12.8 Å². The summed E-state index contributed by atoms with van der Waals surface area (Å²) in [6.45, 7) is 2.12. The zero-order chi connectivity index (χ0) is 12.8. The van der Waals surface area contributed by atoms with Crippen LogP contribution in [0.2, 0.25) is 0 Å². The van der Waals surface area contributed by atoms with E-state index in [4.69, 9.17) is 0 Å². The lowest BCUT2D eigenvalue weighted by Gasteiger charge is -2.04. The van der Waals surface area contributed by atoms with Gasteiger partial charge in [-0.15, -0.1) is 0 Å². The SMILES string of the molecule is CCc1ccc(O)c(C/C=C/c2ccccc2)c1. The second-order valence-electron chi connectivity index (χ2n) is 4.33. The van der Waals surface area contributed by atoms with E-state index < -0.39 is 0 Å². The summed E-state index contributed by atoms with van der Waals surface area (Å²) in [5.41, 5.74) is 3.43. The van der Waals surface area contributed by atoms with E-state index in [-0.39, 0.29) is 0 Å². The molecule has 0 spiro atoms. The van der Waals surface area contributed by atoms with Gasteiger partial charge in [-0.3, -0.25) is 0 Å². The molecule has 0 unspecified atom stereocenters. The standard InChI is InChI=1S/C17H18O/c1-2-14-11-12-17(18)16(13-14)10-6-9-15-7-4-3-5-8-15/h3-9,11-13,18H,2,10H2,1H3/b9-6+. The predicted molar refractivity (Wildman–Crippen MR) is 76.7 cm³/mol. The first-order valence-electron chi connectivity index (χ1n) is 6.32. The molecule has 1 N–H and O–H groups in total. The summed E-state index contributed by atoms with van der Waals surface area (Å²) in [6, 6.07) is 16.0. The van der Waals surface area contributed by atoms with Crippen LogP contribution in [0.5, 0.6) is 5.75 Å². The molecule has 92 valence electrons. The van der Waals surface area contributed by atoms with Gasteiger partial charge in [0.05, 0.1) is 0 Å². The van der Waals surface area contributed by atoms with Crippen LogP contribution in [-0.4, -0.2) is 5.11 Å². The zero-order valence-corrected chi connectivity index (χ0v) is 10.6. The van der Waals surface area contributed by atoms with Crippen molar-refractivity contribution < 1.29 is 5.11 Å². The van der Waals surface area contributed by atoms with Gasteiger partial charge in [0.25, 0.3) is 0 Å². The van der Waals surface area contributed by atoms with Crippen LogP contribution in [0.25, 0.3) is 6.08 Å². The summed E-state index contributed by atoms with van der Waals surface area (Å²) in [6.07, 6.45) is 5.92. The molecule has 0 fully saturated rings. The van der Waals surface area contributed by atoms with E-state index in [0.717, 1.165) is 18.4 Å². The Balaban J connectivity index is 2.08. The Labute approximate surface area is 108 Å². The highest BCUT2D eigenvalue weighted by atomic mass is 16.3. The molecule has 0 aliphatic rings. The van der Waals surface area contributed by atoms with Crippen LogP contribution in [0.4, 0.5) is 0 Å². The third-order valence-corrected chi connectivity index (χ3v) is 3.00. The van der Waals surface area contributed by atoms with Gasteiger partial charge in [0, 0.05) is 0 Å². The van der Waals surface area contributed by atoms with Crippen LogP contribution in [0.15, 0.2) is 54.6 Å². The molecule has 0 aliphatic heterocycles. The van der Waals surface area contributed by atoms with Gasteiger partial charge in [0.15, 0.2) is 0 Å². The maximum Gasteiger partial charge on any atom is 0.119 e. The minimum atomic E-state index is 0.380. The molecule has 0 aromatic heterocycles. The summed E-state index contributed by atoms with van der Waals surface area (Å²) in [4.78, 5) is 0. The smallest absolute Gasteiger partial charge is 0.119 e. The van der Waals surface area contributed by atoms with Gasteiger partial charge in [0.1, 0.15) is 5.75 Å². The van der Waals surface area contributed by atoms with Gasteiger partial charge in [-0.25, -0.2) is 0 Å². The summed E-state index contributed by atoms with van der Waals surface area (Å²) >= 11 is 0. The Morgan fingerprint density at radius 1 is 1.06 bits per heavy atom. The lowest BCUT2D eigenvalue weighted by Crippen LogP contribution is -1.87. The van der Waals surface area contributed by atoms with Crippen molar-refractivity contribution in [3.05, 3.63) is 71.3 Å². The Morgan fingerprint density at radius 3 is 2.56 bits per heavy atom. The molecule has 0 atom stereocenters. The molecular weight excluding hydrogens is 220 g/mol. The van der Waals surface area contributed by atoms with Crippen molar-refractivity contribution in [1.82, 2.24) is 0 Å². The van der Waals surface area contributed by atoms with Crippen LogP contribution in [0.3, 0.4) is 0 Å². The van der Waals surface area contributed by atoms with E-state index in [1.54, 1.807) is 6.07 Å². The maximum atomic E-state index is 9.79. The van der Waals surface area contributed by atoms with Crippen LogP contribution in [0.1, 0.15) is 23.6 Å². The Hall–Kier alpha value is -2.02. The highest BCUT2D eigenvalue weighted by molar-refractivity contribution is 5.50. The first-order valence-corrected chi connectivity index (χ1v) is 6.32. The van der Waals surface area contributed by atoms with Gasteiger partial charge in [-0.2, -0.15) is 0 Å². The molecule has 0 saturated heterocycles. The molecule has 0 saturated carbocycles. The number of phenolic OH excluding ortho intramolecular Hbond substituents is 1. The first-order chi connectivity index (χ1) is 8.79. The Bertz CT molecular complexity index is 527. The van der Waals surface area contributed by atoms with Crippen molar-refractivity contribution in [3.8, 4) is 5.75 Å². The van der Waals surface area contributed by atoms with Gasteiger partial charge >= 0.3 is 0 Å². The van der Waals surface area contributed by atoms with E-state index >= 15 is 0 Å². The topological polar surface area (TPSA) is 20.2 Å². The molecule has 0 bridgehead atoms. The molecule has 1 nitrogen and oxygen atoms in total. The fourth-order valence-electron chi connectivity index (χ4n) is 1.91. The number of aryl methyl sites for hydroxylation is 1. The molecule has 0 heterocycles. The summed E-state index contributed by atoms with van der Waals surface area (Å²) in [7, 11) is 0. The maximum absolute atomic E-state index is 9.79. The quantitative estimate of drug-likeness (QED) is 0.846. The van der Waals surface area contributed by atoms with Crippen LogP contribution in [0, 0.1) is 0 Å². The number of hydrogen-bond donors (Lipinski definition) is 1. The number of allylic oxidation sites excluding steroid dienone is 1. The van der Waals surface area contributed by atoms with Crippen molar-refractivity contribution >= 4 is 6.08 Å². The fraction of sp³-hybridized carbons (Fsp3) is 0.176. The minimum absolute atomic E-state index is 0.380. The molecule has 0 radical (unpaired) electrons. The van der Waals surface area contributed by atoms with Crippen molar-refractivity contribution in [1.29, 1.82) is 0 Å². The van der Waals surface area contributed by atoms with Crippen LogP contribution >= 0.6 is 0 Å². The van der Waals surface area contributed by atoms with E-state index in [1.807, 2.05) is 24.3 Å². The first kappa shape index (κ1) is 12.4. The molecule has 0 aliphatic carbocycles. The van der Waals surface area contributed by atoms with Gasteiger partial charge in [-0.1, -0.05) is 61.5 Å². The largest absolute Gasteiger partial charge is 0.508 e. The molecule has 2 rings (SSSR count). The molecule has 18 heavy (non-hydrogen) atoms. The van der Waals surface area contributed by atoms with Crippen molar-refractivity contribution in [2.24, 2.45) is 0 Å². The number of rotatable bonds is 4. The number of phenols is 1. The van der Waals surface area contributed by atoms with Crippen molar-refractivity contribution in [3.63, 3.8) is 0 Å². The van der Waals surface area contributed by atoms with Gasteiger partial charge < -0.3 is 5.11 Å². The lowest BCUT2D eigenvalue weighted by molar-refractivity contribution is 0.469. The number of hydrogen-bond acceptors (Lipinski definition) is 1. The van der Waals surface area contributed by atoms with E-state index in [9.17, 15) is 5.11 Å².